The van der Waals surface area contributed by atoms with Crippen LogP contribution in [-0.4, -0.2) is 47.2 Å². The van der Waals surface area contributed by atoms with Crippen molar-refractivity contribution >= 4 is 17.4 Å². The van der Waals surface area contributed by atoms with Crippen LogP contribution in [0.15, 0.2) is 36.4 Å². The summed E-state index contributed by atoms with van der Waals surface area (Å²) < 4.78 is 14.6. The van der Waals surface area contributed by atoms with Crippen molar-refractivity contribution in [2.45, 2.75) is 65.0 Å². The molecule has 1 amide bonds. The molecule has 1 saturated heterocycles. The number of hydrogen-bond acceptors (Lipinski definition) is 3. The first-order chi connectivity index (χ1) is 16.9. The van der Waals surface area contributed by atoms with Crippen LogP contribution in [0.4, 0.5) is 10.1 Å². The van der Waals surface area contributed by atoms with E-state index in [1.54, 1.807) is 30.3 Å². The van der Waals surface area contributed by atoms with Crippen LogP contribution in [0.5, 0.6) is 0 Å². The Bertz CT molecular complexity index is 1130. The number of benzene rings is 2. The van der Waals surface area contributed by atoms with Crippen LogP contribution < -0.4 is 0 Å². The molecule has 6 heteroatoms. The maximum Gasteiger partial charge on any atom is 0.226 e. The van der Waals surface area contributed by atoms with Crippen molar-refractivity contribution in [3.05, 3.63) is 75.9 Å². The number of carbonyl (C=O) groups excluding carboxylic acids is 2. The summed E-state index contributed by atoms with van der Waals surface area (Å²) in [5.74, 6) is 0.0155. The summed E-state index contributed by atoms with van der Waals surface area (Å²) in [6, 6.07) is 9.78. The van der Waals surface area contributed by atoms with Gasteiger partial charge in [0, 0.05) is 50.1 Å². The minimum Gasteiger partial charge on any atom is -0.337 e. The van der Waals surface area contributed by atoms with E-state index in [0.717, 1.165) is 49.9 Å². The molecule has 35 heavy (non-hydrogen) atoms. The summed E-state index contributed by atoms with van der Waals surface area (Å²) in [7, 11) is 0. The highest BCUT2D eigenvalue weighted by atomic mass is 19.1. The molecule has 0 N–H and O–H groups in total. The molecule has 184 valence electrons. The summed E-state index contributed by atoms with van der Waals surface area (Å²) >= 11 is 0. The van der Waals surface area contributed by atoms with Crippen molar-refractivity contribution in [2.75, 3.05) is 19.6 Å². The van der Waals surface area contributed by atoms with Gasteiger partial charge in [-0.25, -0.2) is 9.24 Å². The fourth-order valence-corrected chi connectivity index (χ4v) is 5.50. The fourth-order valence-electron chi connectivity index (χ4n) is 5.50. The number of halogens is 1. The minimum absolute atomic E-state index is 0.0954. The number of nitrogens with zero attached hydrogens (tertiary/aromatic N) is 3. The van der Waals surface area contributed by atoms with Crippen LogP contribution in [0.2, 0.25) is 0 Å². The zero-order valence-corrected chi connectivity index (χ0v) is 20.7. The third-order valence-corrected chi connectivity index (χ3v) is 7.58. The number of piperazine rings is 1. The van der Waals surface area contributed by atoms with E-state index >= 15 is 0 Å². The zero-order chi connectivity index (χ0) is 24.9. The maximum atomic E-state index is 14.6. The zero-order valence-electron chi connectivity index (χ0n) is 20.7. The topological polar surface area (TPSA) is 45.0 Å². The van der Waals surface area contributed by atoms with Gasteiger partial charge < -0.3 is 4.90 Å². The summed E-state index contributed by atoms with van der Waals surface area (Å²) in [6.45, 7) is 14.0. The third-order valence-electron chi connectivity index (χ3n) is 7.58. The predicted octanol–water partition coefficient (Wildman–Crippen LogP) is 5.72. The molecule has 2 fully saturated rings. The van der Waals surface area contributed by atoms with Gasteiger partial charge in [-0.2, -0.15) is 0 Å². The number of ketones is 1. The molecule has 2 aromatic carbocycles. The first-order valence-corrected chi connectivity index (χ1v) is 12.7. The Hall–Kier alpha value is -3.04. The monoisotopic (exact) mass is 475 g/mol. The van der Waals surface area contributed by atoms with E-state index in [2.05, 4.69) is 16.7 Å². The van der Waals surface area contributed by atoms with E-state index in [0.29, 0.717) is 35.8 Å². The third kappa shape index (κ3) is 5.97. The number of rotatable bonds is 6. The Balaban J connectivity index is 1.42. The van der Waals surface area contributed by atoms with Crippen LogP contribution in [0.25, 0.3) is 4.85 Å². The highest BCUT2D eigenvalue weighted by Gasteiger charge is 2.32. The molecular weight excluding hydrogens is 441 g/mol. The molecule has 2 aliphatic rings. The average Bonchev–Trinajstić information content (AvgIpc) is 2.87. The van der Waals surface area contributed by atoms with Crippen LogP contribution in [0, 0.1) is 25.2 Å². The van der Waals surface area contributed by atoms with Gasteiger partial charge in [-0.05, 0) is 61.6 Å². The highest BCUT2D eigenvalue weighted by Crippen LogP contribution is 2.28. The lowest BCUT2D eigenvalue weighted by atomic mass is 9.87. The van der Waals surface area contributed by atoms with Gasteiger partial charge in [0.15, 0.2) is 11.5 Å². The van der Waals surface area contributed by atoms with E-state index in [9.17, 15) is 14.0 Å². The Morgan fingerprint density at radius 3 is 2.54 bits per heavy atom. The molecule has 1 heterocycles. The summed E-state index contributed by atoms with van der Waals surface area (Å²) in [4.78, 5) is 33.6. The second-order valence-electron chi connectivity index (χ2n) is 10.1. The molecule has 5 nitrogen and oxygen atoms in total. The molecule has 0 radical (unpaired) electrons. The quantitative estimate of drug-likeness (QED) is 0.396. The van der Waals surface area contributed by atoms with Gasteiger partial charge >= 0.3 is 0 Å². The van der Waals surface area contributed by atoms with E-state index in [1.807, 2.05) is 11.8 Å². The Kier molecular flexibility index (Phi) is 7.97. The number of amides is 1. The van der Waals surface area contributed by atoms with Crippen molar-refractivity contribution < 1.29 is 14.0 Å². The van der Waals surface area contributed by atoms with E-state index in [-0.39, 0.29) is 30.0 Å². The average molecular weight is 476 g/mol. The van der Waals surface area contributed by atoms with Crippen LogP contribution in [0.1, 0.15) is 66.1 Å². The van der Waals surface area contributed by atoms with Gasteiger partial charge in [0.05, 0.1) is 6.57 Å². The molecule has 1 saturated carbocycles. The number of hydrogen-bond donors (Lipinski definition) is 0. The smallest absolute Gasteiger partial charge is 0.226 e. The number of carbonyl (C=O) groups is 2. The molecule has 1 atom stereocenters. The molecule has 1 aliphatic heterocycles. The van der Waals surface area contributed by atoms with Gasteiger partial charge in [0.2, 0.25) is 5.91 Å². The highest BCUT2D eigenvalue weighted by molar-refractivity contribution is 5.98. The molecule has 0 aromatic heterocycles. The lowest BCUT2D eigenvalue weighted by Crippen LogP contribution is -2.55. The van der Waals surface area contributed by atoms with Gasteiger partial charge in [-0.3, -0.25) is 14.5 Å². The second-order valence-corrected chi connectivity index (χ2v) is 10.1. The Morgan fingerprint density at radius 1 is 1.09 bits per heavy atom. The fraction of sp³-hybridized carbons (Fsp3) is 0.483. The summed E-state index contributed by atoms with van der Waals surface area (Å²) in [5.41, 5.74) is 3.37. The summed E-state index contributed by atoms with van der Waals surface area (Å²) in [5, 5.41) is 0. The van der Waals surface area contributed by atoms with E-state index in [1.165, 1.54) is 12.5 Å². The predicted molar refractivity (Wildman–Crippen MR) is 135 cm³/mol. The van der Waals surface area contributed by atoms with Crippen molar-refractivity contribution in [1.29, 1.82) is 0 Å². The lowest BCUT2D eigenvalue weighted by Gasteiger charge is -2.42. The molecule has 0 spiro atoms. The van der Waals surface area contributed by atoms with Gasteiger partial charge in [0.1, 0.15) is 5.82 Å². The molecule has 0 bridgehead atoms. The molecule has 0 unspecified atom stereocenters. The standard InChI is InChI=1S/C29H34FN3O2/c1-20-18-32(12-13-33(20)29(35)22-8-5-4-6-9-22)19-25-15-26(30)14-24(21(25)2)17-28(34)23-10-7-11-27(16-23)31-3/h7,10-11,14-16,20,22H,4-6,8-9,12-13,17-19H2,1-2H3/t20-/m0/s1. The van der Waals surface area contributed by atoms with Crippen molar-refractivity contribution in [3.63, 3.8) is 0 Å². The maximum absolute atomic E-state index is 14.6. The van der Waals surface area contributed by atoms with Gasteiger partial charge in [-0.1, -0.05) is 37.5 Å². The van der Waals surface area contributed by atoms with Crippen LogP contribution in [0.3, 0.4) is 0 Å². The minimum atomic E-state index is -0.345. The molecule has 2 aromatic rings. The van der Waals surface area contributed by atoms with Crippen molar-refractivity contribution in [3.8, 4) is 0 Å². The van der Waals surface area contributed by atoms with E-state index in [4.69, 9.17) is 6.57 Å². The summed E-state index contributed by atoms with van der Waals surface area (Å²) in [6.07, 6.45) is 5.66. The molecular formula is C29H34FN3O2. The van der Waals surface area contributed by atoms with E-state index < -0.39 is 0 Å². The first kappa shape index (κ1) is 25.1. The van der Waals surface area contributed by atoms with Gasteiger partial charge in [0.25, 0.3) is 0 Å². The van der Waals surface area contributed by atoms with Crippen molar-refractivity contribution in [2.24, 2.45) is 5.92 Å². The van der Waals surface area contributed by atoms with Crippen molar-refractivity contribution in [1.82, 2.24) is 9.80 Å². The Morgan fingerprint density at radius 2 is 1.83 bits per heavy atom. The SMILES string of the molecule is [C-]#[N+]c1cccc(C(=O)Cc2cc(F)cc(CN3CCN(C(=O)C4CCCCC4)[C@@H](C)C3)c2C)c1. The first-order valence-electron chi connectivity index (χ1n) is 12.7. The largest absolute Gasteiger partial charge is 0.337 e. The van der Waals surface area contributed by atoms with Crippen LogP contribution in [-0.2, 0) is 17.8 Å². The number of Topliss-reactive ketones (excluding diaryl/α,β-unsaturated/α-hetero) is 1. The Labute approximate surface area is 207 Å². The van der Waals surface area contributed by atoms with Gasteiger partial charge in [-0.15, -0.1) is 0 Å². The molecule has 1 aliphatic carbocycles. The molecule has 4 rings (SSSR count). The van der Waals surface area contributed by atoms with Crippen LogP contribution >= 0.6 is 0 Å². The normalized spacial score (nSPS) is 19.4. The second kappa shape index (κ2) is 11.1. The lowest BCUT2D eigenvalue weighted by molar-refractivity contribution is -0.141.